The summed E-state index contributed by atoms with van der Waals surface area (Å²) in [6.07, 6.45) is 6.00. The standard InChI is InChI=1S/C25H54O3Si2/c1-11-29(12-2,13-3)27-21-25(10,28-30(14-4,15-5)16-6)19-17-18-23(9)24(26)20-22(7)8/h17,19,22-24,26H,11-16,18,20-21H2,1-10H3/b19-17+/t23-,24-,25-/m1/s1. The molecule has 0 radical (unpaired) electrons. The summed E-state index contributed by atoms with van der Waals surface area (Å²) in [5, 5.41) is 10.4. The first-order valence-corrected chi connectivity index (χ1v) is 17.8. The maximum Gasteiger partial charge on any atom is 0.193 e. The number of hydrogen-bond donors (Lipinski definition) is 1. The van der Waals surface area contributed by atoms with E-state index in [1.165, 1.54) is 0 Å². The van der Waals surface area contributed by atoms with Gasteiger partial charge in [-0.3, -0.25) is 0 Å². The normalized spacial score (nSPS) is 17.5. The lowest BCUT2D eigenvalue weighted by atomic mass is 9.93. The van der Waals surface area contributed by atoms with E-state index in [1.807, 2.05) is 0 Å². The highest BCUT2D eigenvalue weighted by Gasteiger charge is 2.39. The van der Waals surface area contributed by atoms with Gasteiger partial charge in [0.25, 0.3) is 0 Å². The largest absolute Gasteiger partial charge is 0.414 e. The summed E-state index contributed by atoms with van der Waals surface area (Å²) >= 11 is 0. The van der Waals surface area contributed by atoms with Crippen LogP contribution < -0.4 is 0 Å². The number of rotatable bonds is 17. The van der Waals surface area contributed by atoms with Crippen molar-refractivity contribution >= 4 is 16.6 Å². The van der Waals surface area contributed by atoms with E-state index in [1.54, 1.807) is 0 Å². The maximum atomic E-state index is 10.4. The Morgan fingerprint density at radius 2 is 1.30 bits per heavy atom. The fourth-order valence-electron chi connectivity index (χ4n) is 4.33. The Morgan fingerprint density at radius 3 is 1.70 bits per heavy atom. The summed E-state index contributed by atoms with van der Waals surface area (Å²) < 4.78 is 13.7. The first-order valence-electron chi connectivity index (χ1n) is 12.7. The van der Waals surface area contributed by atoms with Crippen molar-refractivity contribution in [2.24, 2.45) is 11.8 Å². The Kier molecular flexibility index (Phi) is 14.3. The lowest BCUT2D eigenvalue weighted by Gasteiger charge is -2.41. The van der Waals surface area contributed by atoms with Gasteiger partial charge in [0, 0.05) is 0 Å². The average molecular weight is 459 g/mol. The second kappa shape index (κ2) is 14.3. The first kappa shape index (κ1) is 30.1. The van der Waals surface area contributed by atoms with Gasteiger partial charge < -0.3 is 14.0 Å². The number of hydrogen-bond acceptors (Lipinski definition) is 3. The Balaban J connectivity index is 5.51. The predicted octanol–water partition coefficient (Wildman–Crippen LogP) is 7.78. The van der Waals surface area contributed by atoms with Gasteiger partial charge >= 0.3 is 0 Å². The van der Waals surface area contributed by atoms with Crippen molar-refractivity contribution < 1.29 is 14.0 Å². The van der Waals surface area contributed by atoms with Crippen LogP contribution in [0.4, 0.5) is 0 Å². The van der Waals surface area contributed by atoms with Gasteiger partial charge in [0.05, 0.1) is 18.3 Å². The van der Waals surface area contributed by atoms with Crippen molar-refractivity contribution in [2.45, 2.75) is 130 Å². The summed E-state index contributed by atoms with van der Waals surface area (Å²) in [6, 6.07) is 6.92. The van der Waals surface area contributed by atoms with Crippen LogP contribution in [0.3, 0.4) is 0 Å². The van der Waals surface area contributed by atoms with E-state index in [-0.39, 0.29) is 17.6 Å². The second-order valence-electron chi connectivity index (χ2n) is 10.0. The molecule has 180 valence electrons. The SMILES string of the molecule is CC[Si](CC)(CC)OC[C@@](C)(/C=C/C[C@@H](C)[C@H](O)CC(C)C)O[Si](CC)(CC)CC. The molecule has 0 unspecified atom stereocenters. The van der Waals surface area contributed by atoms with Crippen LogP contribution in [0.15, 0.2) is 12.2 Å². The molecule has 30 heavy (non-hydrogen) atoms. The highest BCUT2D eigenvalue weighted by molar-refractivity contribution is 6.74. The summed E-state index contributed by atoms with van der Waals surface area (Å²) in [7, 11) is -3.43. The van der Waals surface area contributed by atoms with Gasteiger partial charge in [0.15, 0.2) is 16.6 Å². The Morgan fingerprint density at radius 1 is 0.833 bits per heavy atom. The lowest BCUT2D eigenvalue weighted by molar-refractivity contribution is 0.0608. The fourth-order valence-corrected chi connectivity index (χ4v) is 10.1. The molecule has 3 atom stereocenters. The molecule has 0 rings (SSSR count). The van der Waals surface area contributed by atoms with Crippen LogP contribution in [0.1, 0.15) is 82.1 Å². The quantitative estimate of drug-likeness (QED) is 0.179. The highest BCUT2D eigenvalue weighted by atomic mass is 28.4. The van der Waals surface area contributed by atoms with Crippen molar-refractivity contribution in [2.75, 3.05) is 6.61 Å². The summed E-state index contributed by atoms with van der Waals surface area (Å²) in [5.41, 5.74) is -0.380. The van der Waals surface area contributed by atoms with E-state index < -0.39 is 16.6 Å². The van der Waals surface area contributed by atoms with Gasteiger partial charge in [-0.15, -0.1) is 0 Å². The van der Waals surface area contributed by atoms with Crippen molar-refractivity contribution in [3.8, 4) is 0 Å². The van der Waals surface area contributed by atoms with Crippen LogP contribution >= 0.6 is 0 Å². The minimum absolute atomic E-state index is 0.242. The van der Waals surface area contributed by atoms with E-state index in [9.17, 15) is 5.11 Å². The molecular weight excluding hydrogens is 404 g/mol. The van der Waals surface area contributed by atoms with Gasteiger partial charge in [-0.2, -0.15) is 0 Å². The Bertz CT molecular complexity index is 456. The minimum atomic E-state index is -1.77. The van der Waals surface area contributed by atoms with Crippen LogP contribution in [0.2, 0.25) is 36.3 Å². The molecule has 3 nitrogen and oxygen atoms in total. The van der Waals surface area contributed by atoms with E-state index in [0.29, 0.717) is 12.5 Å². The zero-order valence-electron chi connectivity index (χ0n) is 22.0. The predicted molar refractivity (Wildman–Crippen MR) is 138 cm³/mol. The molecule has 0 aromatic heterocycles. The molecule has 0 aliphatic carbocycles. The van der Waals surface area contributed by atoms with Crippen LogP contribution in [-0.2, 0) is 8.85 Å². The van der Waals surface area contributed by atoms with Crippen LogP contribution in [0, 0.1) is 11.8 Å². The highest BCUT2D eigenvalue weighted by Crippen LogP contribution is 2.32. The zero-order valence-corrected chi connectivity index (χ0v) is 24.0. The lowest BCUT2D eigenvalue weighted by Crippen LogP contribution is -2.49. The molecule has 0 aliphatic heterocycles. The van der Waals surface area contributed by atoms with Crippen LogP contribution in [0.25, 0.3) is 0 Å². The van der Waals surface area contributed by atoms with Gasteiger partial charge in [-0.1, -0.05) is 74.5 Å². The monoisotopic (exact) mass is 458 g/mol. The summed E-state index contributed by atoms with van der Waals surface area (Å²) in [5.74, 6) is 0.781. The zero-order chi connectivity index (χ0) is 23.4. The minimum Gasteiger partial charge on any atom is -0.414 e. The van der Waals surface area contributed by atoms with Crippen molar-refractivity contribution in [3.05, 3.63) is 12.2 Å². The third-order valence-electron chi connectivity index (χ3n) is 7.33. The number of allylic oxidation sites excluding steroid dienone is 1. The van der Waals surface area contributed by atoms with Crippen molar-refractivity contribution in [1.29, 1.82) is 0 Å². The van der Waals surface area contributed by atoms with E-state index in [4.69, 9.17) is 8.85 Å². The topological polar surface area (TPSA) is 38.7 Å². The van der Waals surface area contributed by atoms with Gasteiger partial charge in [-0.05, 0) is 67.9 Å². The smallest absolute Gasteiger partial charge is 0.193 e. The van der Waals surface area contributed by atoms with E-state index >= 15 is 0 Å². The molecule has 0 heterocycles. The van der Waals surface area contributed by atoms with E-state index in [0.717, 1.165) is 49.1 Å². The summed E-state index contributed by atoms with van der Waals surface area (Å²) in [6.45, 7) is 23.1. The second-order valence-corrected chi connectivity index (χ2v) is 19.5. The van der Waals surface area contributed by atoms with Crippen LogP contribution in [-0.4, -0.2) is 40.1 Å². The van der Waals surface area contributed by atoms with Crippen molar-refractivity contribution in [1.82, 2.24) is 0 Å². The molecule has 0 fully saturated rings. The third-order valence-corrected chi connectivity index (χ3v) is 16.7. The fraction of sp³-hybridized carbons (Fsp3) is 0.920. The van der Waals surface area contributed by atoms with Crippen LogP contribution in [0.5, 0.6) is 0 Å². The number of aliphatic hydroxyl groups is 1. The van der Waals surface area contributed by atoms with Gasteiger partial charge in [0.2, 0.25) is 0 Å². The maximum absolute atomic E-state index is 10.4. The average Bonchev–Trinajstić information content (AvgIpc) is 2.73. The van der Waals surface area contributed by atoms with E-state index in [2.05, 4.69) is 81.4 Å². The third kappa shape index (κ3) is 9.68. The molecule has 0 amide bonds. The first-order chi connectivity index (χ1) is 14.0. The Hall–Kier alpha value is 0.0538. The Labute approximate surface area is 191 Å². The molecule has 5 heteroatoms. The molecule has 0 saturated carbocycles. The summed E-state index contributed by atoms with van der Waals surface area (Å²) in [4.78, 5) is 0. The molecule has 1 N–H and O–H groups in total. The molecule has 0 aliphatic rings. The molecule has 0 bridgehead atoms. The molecule has 0 spiro atoms. The van der Waals surface area contributed by atoms with Crippen molar-refractivity contribution in [3.63, 3.8) is 0 Å². The molecule has 0 saturated heterocycles. The molecule has 0 aromatic rings. The number of aliphatic hydroxyl groups excluding tert-OH is 1. The van der Waals surface area contributed by atoms with Gasteiger partial charge in [-0.25, -0.2) is 0 Å². The molecular formula is C25H54O3Si2. The van der Waals surface area contributed by atoms with Gasteiger partial charge in [0.1, 0.15) is 0 Å². The molecule has 0 aromatic carbocycles.